The number of aryl methyl sites for hydroxylation is 1. The molecule has 4 nitrogen and oxygen atoms in total. The Morgan fingerprint density at radius 3 is 2.16 bits per heavy atom. The van der Waals surface area contributed by atoms with Crippen LogP contribution in [0.15, 0.2) is 53.9 Å². The molecule has 0 atom stereocenters. The summed E-state index contributed by atoms with van der Waals surface area (Å²) >= 11 is 1.61. The van der Waals surface area contributed by atoms with Gasteiger partial charge in [0, 0.05) is 23.6 Å². The Labute approximate surface area is 152 Å². The van der Waals surface area contributed by atoms with E-state index in [0.29, 0.717) is 5.69 Å². The van der Waals surface area contributed by atoms with E-state index in [1.807, 2.05) is 17.5 Å². The SMILES string of the molecule is CCc1ccc(-c2nc(-c3ccc(N(C)S(C)(=O)=O)cc3)cs2)cc1. The van der Waals surface area contributed by atoms with Gasteiger partial charge < -0.3 is 0 Å². The van der Waals surface area contributed by atoms with Gasteiger partial charge in [-0.05, 0) is 24.1 Å². The Bertz CT molecular complexity index is 959. The number of anilines is 1. The molecule has 0 aliphatic heterocycles. The van der Waals surface area contributed by atoms with Crippen LogP contribution in [0.3, 0.4) is 0 Å². The molecule has 0 N–H and O–H groups in total. The van der Waals surface area contributed by atoms with E-state index in [2.05, 4.69) is 31.2 Å². The summed E-state index contributed by atoms with van der Waals surface area (Å²) in [5.74, 6) is 0. The van der Waals surface area contributed by atoms with Crippen molar-refractivity contribution >= 4 is 27.0 Å². The maximum absolute atomic E-state index is 11.6. The second kappa shape index (κ2) is 6.98. The van der Waals surface area contributed by atoms with Crippen molar-refractivity contribution < 1.29 is 8.42 Å². The Morgan fingerprint density at radius 2 is 1.60 bits per heavy atom. The fourth-order valence-electron chi connectivity index (χ4n) is 2.46. The lowest BCUT2D eigenvalue weighted by Crippen LogP contribution is -2.24. The zero-order valence-electron chi connectivity index (χ0n) is 14.4. The Morgan fingerprint density at radius 1 is 1.00 bits per heavy atom. The van der Waals surface area contributed by atoms with Gasteiger partial charge in [-0.3, -0.25) is 4.31 Å². The van der Waals surface area contributed by atoms with E-state index in [9.17, 15) is 8.42 Å². The van der Waals surface area contributed by atoms with Crippen molar-refractivity contribution in [3.05, 3.63) is 59.5 Å². The van der Waals surface area contributed by atoms with Crippen LogP contribution in [-0.2, 0) is 16.4 Å². The molecule has 1 heterocycles. The van der Waals surface area contributed by atoms with Crippen molar-refractivity contribution in [2.45, 2.75) is 13.3 Å². The van der Waals surface area contributed by atoms with Crippen LogP contribution in [0.2, 0.25) is 0 Å². The molecule has 3 aromatic rings. The fraction of sp³-hybridized carbons (Fsp3) is 0.211. The fourth-order valence-corrected chi connectivity index (χ4v) is 3.80. The van der Waals surface area contributed by atoms with Crippen molar-refractivity contribution in [3.8, 4) is 21.8 Å². The van der Waals surface area contributed by atoms with E-state index >= 15 is 0 Å². The second-order valence-electron chi connectivity index (χ2n) is 5.87. The number of hydrogen-bond acceptors (Lipinski definition) is 4. The van der Waals surface area contributed by atoms with Crippen LogP contribution in [0.25, 0.3) is 21.8 Å². The minimum Gasteiger partial charge on any atom is -0.274 e. The summed E-state index contributed by atoms with van der Waals surface area (Å²) in [7, 11) is -1.70. The van der Waals surface area contributed by atoms with Crippen LogP contribution in [0, 0.1) is 0 Å². The van der Waals surface area contributed by atoms with E-state index < -0.39 is 10.0 Å². The first-order chi connectivity index (χ1) is 11.9. The molecule has 0 bridgehead atoms. The van der Waals surface area contributed by atoms with Gasteiger partial charge in [-0.25, -0.2) is 13.4 Å². The van der Waals surface area contributed by atoms with Crippen LogP contribution < -0.4 is 4.31 Å². The Balaban J connectivity index is 1.84. The highest BCUT2D eigenvalue weighted by molar-refractivity contribution is 7.92. The molecule has 25 heavy (non-hydrogen) atoms. The molecular weight excluding hydrogens is 352 g/mol. The third-order valence-electron chi connectivity index (χ3n) is 4.14. The van der Waals surface area contributed by atoms with Gasteiger partial charge in [-0.15, -0.1) is 11.3 Å². The maximum Gasteiger partial charge on any atom is 0.231 e. The van der Waals surface area contributed by atoms with E-state index in [1.54, 1.807) is 30.5 Å². The summed E-state index contributed by atoms with van der Waals surface area (Å²) in [6, 6.07) is 15.9. The van der Waals surface area contributed by atoms with Crippen molar-refractivity contribution in [2.75, 3.05) is 17.6 Å². The van der Waals surface area contributed by atoms with Gasteiger partial charge >= 0.3 is 0 Å². The Kier molecular flexibility index (Phi) is 4.92. The summed E-state index contributed by atoms with van der Waals surface area (Å²) in [6.45, 7) is 2.14. The van der Waals surface area contributed by atoms with E-state index in [4.69, 9.17) is 4.98 Å². The molecule has 0 saturated carbocycles. The summed E-state index contributed by atoms with van der Waals surface area (Å²) < 4.78 is 24.5. The summed E-state index contributed by atoms with van der Waals surface area (Å²) in [5.41, 5.74) is 4.93. The van der Waals surface area contributed by atoms with Crippen molar-refractivity contribution in [1.29, 1.82) is 0 Å². The average Bonchev–Trinajstić information content (AvgIpc) is 3.10. The van der Waals surface area contributed by atoms with Crippen LogP contribution in [0.4, 0.5) is 5.69 Å². The van der Waals surface area contributed by atoms with Crippen LogP contribution in [0.5, 0.6) is 0 Å². The lowest BCUT2D eigenvalue weighted by molar-refractivity contribution is 0.600. The molecule has 0 spiro atoms. The number of rotatable bonds is 5. The number of benzene rings is 2. The standard InChI is InChI=1S/C19H20N2O2S2/c1-4-14-5-7-16(8-6-14)19-20-18(13-24-19)15-9-11-17(12-10-15)21(2)25(3,22)23/h5-13H,4H2,1-3H3. The minimum absolute atomic E-state index is 0.636. The molecule has 0 radical (unpaired) electrons. The minimum atomic E-state index is -3.25. The maximum atomic E-state index is 11.6. The van der Waals surface area contributed by atoms with Gasteiger partial charge in [0.15, 0.2) is 0 Å². The van der Waals surface area contributed by atoms with Crippen LogP contribution in [0.1, 0.15) is 12.5 Å². The molecule has 2 aromatic carbocycles. The quantitative estimate of drug-likeness (QED) is 0.665. The largest absolute Gasteiger partial charge is 0.274 e. The third-order valence-corrected chi connectivity index (χ3v) is 6.23. The van der Waals surface area contributed by atoms with Gasteiger partial charge in [-0.1, -0.05) is 43.3 Å². The third kappa shape index (κ3) is 3.91. The zero-order valence-corrected chi connectivity index (χ0v) is 16.1. The highest BCUT2D eigenvalue weighted by atomic mass is 32.2. The zero-order chi connectivity index (χ0) is 18.0. The van der Waals surface area contributed by atoms with Gasteiger partial charge in [0.1, 0.15) is 5.01 Å². The number of hydrogen-bond donors (Lipinski definition) is 0. The van der Waals surface area contributed by atoms with Gasteiger partial charge in [0.2, 0.25) is 10.0 Å². The molecule has 0 aliphatic rings. The lowest BCUT2D eigenvalue weighted by Gasteiger charge is -2.16. The predicted molar refractivity (Wildman–Crippen MR) is 106 cm³/mol. The summed E-state index contributed by atoms with van der Waals surface area (Å²) in [4.78, 5) is 4.72. The monoisotopic (exact) mass is 372 g/mol. The molecule has 0 saturated heterocycles. The number of aromatic nitrogens is 1. The first kappa shape index (κ1) is 17.6. The highest BCUT2D eigenvalue weighted by Crippen LogP contribution is 2.30. The van der Waals surface area contributed by atoms with E-state index in [1.165, 1.54) is 16.1 Å². The molecule has 0 unspecified atom stereocenters. The van der Waals surface area contributed by atoms with Gasteiger partial charge in [-0.2, -0.15) is 0 Å². The van der Waals surface area contributed by atoms with Crippen molar-refractivity contribution in [2.24, 2.45) is 0 Å². The van der Waals surface area contributed by atoms with Gasteiger partial charge in [0.05, 0.1) is 17.6 Å². The number of sulfonamides is 1. The number of thiazole rings is 1. The predicted octanol–water partition coefficient (Wildman–Crippen LogP) is 4.44. The topological polar surface area (TPSA) is 50.3 Å². The van der Waals surface area contributed by atoms with Crippen LogP contribution >= 0.6 is 11.3 Å². The van der Waals surface area contributed by atoms with Crippen LogP contribution in [-0.4, -0.2) is 26.7 Å². The first-order valence-corrected chi connectivity index (χ1v) is 10.7. The average molecular weight is 373 g/mol. The summed E-state index contributed by atoms with van der Waals surface area (Å²) in [5, 5.41) is 3.01. The molecule has 0 fully saturated rings. The number of nitrogens with zero attached hydrogens (tertiary/aromatic N) is 2. The van der Waals surface area contributed by atoms with E-state index in [0.717, 1.165) is 28.2 Å². The molecule has 3 rings (SSSR count). The van der Waals surface area contributed by atoms with E-state index in [-0.39, 0.29) is 0 Å². The molecule has 1 aromatic heterocycles. The molecule has 6 heteroatoms. The lowest BCUT2D eigenvalue weighted by atomic mass is 10.1. The van der Waals surface area contributed by atoms with Crippen molar-refractivity contribution in [1.82, 2.24) is 4.98 Å². The molecule has 0 aliphatic carbocycles. The summed E-state index contributed by atoms with van der Waals surface area (Å²) in [6.07, 6.45) is 2.22. The molecule has 0 amide bonds. The highest BCUT2D eigenvalue weighted by Gasteiger charge is 2.12. The first-order valence-electron chi connectivity index (χ1n) is 7.97. The second-order valence-corrected chi connectivity index (χ2v) is 8.74. The van der Waals surface area contributed by atoms with Gasteiger partial charge in [0.25, 0.3) is 0 Å². The van der Waals surface area contributed by atoms with Crippen molar-refractivity contribution in [3.63, 3.8) is 0 Å². The normalized spacial score (nSPS) is 11.5. The smallest absolute Gasteiger partial charge is 0.231 e. The molecular formula is C19H20N2O2S2. The molecule has 130 valence electrons. The Hall–Kier alpha value is -2.18.